The van der Waals surface area contributed by atoms with E-state index in [4.69, 9.17) is 23.2 Å². The molecule has 0 aliphatic heterocycles. The van der Waals surface area contributed by atoms with Crippen LogP contribution in [0.5, 0.6) is 0 Å². The number of hydrogen-bond donors (Lipinski definition) is 1. The molecule has 2 rings (SSSR count). The molecule has 0 spiro atoms. The highest BCUT2D eigenvalue weighted by Gasteiger charge is 2.08. The van der Waals surface area contributed by atoms with E-state index in [1.165, 1.54) is 16.7 Å². The van der Waals surface area contributed by atoms with Gasteiger partial charge in [0.25, 0.3) is 0 Å². The van der Waals surface area contributed by atoms with Gasteiger partial charge < -0.3 is 5.32 Å². The average Bonchev–Trinajstić information content (AvgIpc) is 2.32. The number of rotatable bonds is 3. The molecule has 1 aromatic carbocycles. The van der Waals surface area contributed by atoms with Crippen LogP contribution in [0.25, 0.3) is 0 Å². The summed E-state index contributed by atoms with van der Waals surface area (Å²) in [6, 6.07) is 8.22. The minimum atomic E-state index is 0.412. The van der Waals surface area contributed by atoms with Crippen molar-refractivity contribution in [2.24, 2.45) is 0 Å². The molecule has 0 unspecified atom stereocenters. The number of aryl methyl sites for hydroxylation is 3. The van der Waals surface area contributed by atoms with Gasteiger partial charge in [-0.05, 0) is 43.5 Å². The van der Waals surface area contributed by atoms with Gasteiger partial charge in [-0.2, -0.15) is 0 Å². The van der Waals surface area contributed by atoms with Gasteiger partial charge in [-0.1, -0.05) is 47.0 Å². The van der Waals surface area contributed by atoms with Gasteiger partial charge in [0.05, 0.1) is 5.69 Å². The molecule has 19 heavy (non-hydrogen) atoms. The largest absolute Gasteiger partial charge is 0.378 e. The Morgan fingerprint density at radius 1 is 1.05 bits per heavy atom. The minimum Gasteiger partial charge on any atom is -0.378 e. The van der Waals surface area contributed by atoms with Gasteiger partial charge in [0.15, 0.2) is 5.15 Å². The summed E-state index contributed by atoms with van der Waals surface area (Å²) in [6.45, 7) is 6.87. The highest BCUT2D eigenvalue weighted by Crippen LogP contribution is 2.27. The van der Waals surface area contributed by atoms with Gasteiger partial charge in [-0.3, -0.25) is 0 Å². The van der Waals surface area contributed by atoms with Crippen molar-refractivity contribution in [1.82, 2.24) is 4.98 Å². The standard InChI is InChI=1S/C15H16Cl2N2/c1-9-4-5-10(2)12(6-9)8-18-14-11(3)7-13(16)19-15(14)17/h4-7,18H,8H2,1-3H3. The zero-order valence-electron chi connectivity index (χ0n) is 11.2. The number of hydrogen-bond acceptors (Lipinski definition) is 2. The van der Waals surface area contributed by atoms with Gasteiger partial charge in [0.1, 0.15) is 5.15 Å². The second-order valence-electron chi connectivity index (χ2n) is 4.71. The lowest BCUT2D eigenvalue weighted by molar-refractivity contribution is 1.09. The average molecular weight is 295 g/mol. The van der Waals surface area contributed by atoms with Crippen molar-refractivity contribution in [3.05, 3.63) is 56.8 Å². The lowest BCUT2D eigenvalue weighted by Gasteiger charge is -2.13. The van der Waals surface area contributed by atoms with E-state index in [0.717, 1.165) is 17.8 Å². The number of nitrogens with one attached hydrogen (secondary N) is 1. The topological polar surface area (TPSA) is 24.9 Å². The first-order valence-corrected chi connectivity index (χ1v) is 6.85. The van der Waals surface area contributed by atoms with Crippen LogP contribution in [-0.4, -0.2) is 4.98 Å². The Morgan fingerprint density at radius 2 is 1.79 bits per heavy atom. The van der Waals surface area contributed by atoms with Gasteiger partial charge in [-0.25, -0.2) is 4.98 Å². The normalized spacial score (nSPS) is 10.6. The number of benzene rings is 1. The summed E-state index contributed by atoms with van der Waals surface area (Å²) in [5.74, 6) is 0. The van der Waals surface area contributed by atoms with Crippen LogP contribution in [0.15, 0.2) is 24.3 Å². The van der Waals surface area contributed by atoms with Crippen LogP contribution in [0.4, 0.5) is 5.69 Å². The van der Waals surface area contributed by atoms with Crippen molar-refractivity contribution >= 4 is 28.9 Å². The van der Waals surface area contributed by atoms with Crippen LogP contribution in [0.3, 0.4) is 0 Å². The summed E-state index contributed by atoms with van der Waals surface area (Å²) in [4.78, 5) is 4.06. The Hall–Kier alpha value is -1.25. The van der Waals surface area contributed by atoms with Gasteiger partial charge in [0.2, 0.25) is 0 Å². The van der Waals surface area contributed by atoms with E-state index < -0.39 is 0 Å². The van der Waals surface area contributed by atoms with E-state index in [1.807, 2.05) is 6.92 Å². The molecule has 0 saturated heterocycles. The van der Waals surface area contributed by atoms with E-state index in [1.54, 1.807) is 6.07 Å². The molecule has 0 bridgehead atoms. The number of anilines is 1. The molecule has 2 nitrogen and oxygen atoms in total. The van der Waals surface area contributed by atoms with Gasteiger partial charge >= 0.3 is 0 Å². The molecule has 1 aromatic heterocycles. The van der Waals surface area contributed by atoms with Crippen molar-refractivity contribution in [3.8, 4) is 0 Å². The first kappa shape index (κ1) is 14.2. The third-order valence-corrected chi connectivity index (χ3v) is 3.57. The molecule has 0 atom stereocenters. The quantitative estimate of drug-likeness (QED) is 0.812. The summed E-state index contributed by atoms with van der Waals surface area (Å²) < 4.78 is 0. The molecule has 0 saturated carbocycles. The van der Waals surface area contributed by atoms with Crippen molar-refractivity contribution in [2.75, 3.05) is 5.32 Å². The highest BCUT2D eigenvalue weighted by molar-refractivity contribution is 6.34. The van der Waals surface area contributed by atoms with Crippen molar-refractivity contribution in [1.29, 1.82) is 0 Å². The molecular formula is C15H16Cl2N2. The van der Waals surface area contributed by atoms with Crippen LogP contribution in [-0.2, 0) is 6.54 Å². The number of nitrogens with zero attached hydrogens (tertiary/aromatic N) is 1. The highest BCUT2D eigenvalue weighted by atomic mass is 35.5. The molecule has 0 aliphatic carbocycles. The van der Waals surface area contributed by atoms with Crippen LogP contribution in [0.1, 0.15) is 22.3 Å². The first-order chi connectivity index (χ1) is 8.97. The molecule has 0 radical (unpaired) electrons. The zero-order chi connectivity index (χ0) is 14.0. The van der Waals surface area contributed by atoms with Crippen molar-refractivity contribution in [2.45, 2.75) is 27.3 Å². The zero-order valence-corrected chi connectivity index (χ0v) is 12.7. The Morgan fingerprint density at radius 3 is 2.47 bits per heavy atom. The van der Waals surface area contributed by atoms with Crippen LogP contribution in [0, 0.1) is 20.8 Å². The molecule has 0 fully saturated rings. The summed E-state index contributed by atoms with van der Waals surface area (Å²) >= 11 is 12.0. The number of pyridine rings is 1. The third-order valence-electron chi connectivity index (χ3n) is 3.10. The Bertz CT molecular complexity index is 586. The van der Waals surface area contributed by atoms with Crippen molar-refractivity contribution < 1.29 is 0 Å². The molecule has 0 aliphatic rings. The van der Waals surface area contributed by atoms with Crippen LogP contribution >= 0.6 is 23.2 Å². The lowest BCUT2D eigenvalue weighted by atomic mass is 10.1. The SMILES string of the molecule is Cc1ccc(C)c(CNc2c(C)cc(Cl)nc2Cl)c1. The van der Waals surface area contributed by atoms with Gasteiger partial charge in [-0.15, -0.1) is 0 Å². The molecule has 0 amide bonds. The van der Waals surface area contributed by atoms with E-state index in [0.29, 0.717) is 10.3 Å². The number of halogens is 2. The van der Waals surface area contributed by atoms with Gasteiger partial charge in [0, 0.05) is 6.54 Å². The maximum Gasteiger partial charge on any atom is 0.154 e. The number of aromatic nitrogens is 1. The molecule has 4 heteroatoms. The molecular weight excluding hydrogens is 279 g/mol. The Balaban J connectivity index is 2.21. The predicted octanol–water partition coefficient (Wildman–Crippen LogP) is 4.93. The third kappa shape index (κ3) is 3.40. The predicted molar refractivity (Wildman–Crippen MR) is 82.2 cm³/mol. The first-order valence-electron chi connectivity index (χ1n) is 6.10. The summed E-state index contributed by atoms with van der Waals surface area (Å²) in [6.07, 6.45) is 0. The fourth-order valence-electron chi connectivity index (χ4n) is 1.98. The van der Waals surface area contributed by atoms with Crippen LogP contribution in [0.2, 0.25) is 10.3 Å². The Kier molecular flexibility index (Phi) is 4.33. The van der Waals surface area contributed by atoms with E-state index in [9.17, 15) is 0 Å². The van der Waals surface area contributed by atoms with Crippen molar-refractivity contribution in [3.63, 3.8) is 0 Å². The fraction of sp³-hybridized carbons (Fsp3) is 0.267. The molecule has 1 heterocycles. The molecule has 1 N–H and O–H groups in total. The van der Waals surface area contributed by atoms with E-state index >= 15 is 0 Å². The van der Waals surface area contributed by atoms with E-state index in [2.05, 4.69) is 42.3 Å². The lowest BCUT2D eigenvalue weighted by Crippen LogP contribution is -2.04. The summed E-state index contributed by atoms with van der Waals surface area (Å²) in [5.41, 5.74) is 5.60. The summed E-state index contributed by atoms with van der Waals surface area (Å²) in [7, 11) is 0. The monoisotopic (exact) mass is 294 g/mol. The second kappa shape index (κ2) is 5.81. The maximum absolute atomic E-state index is 6.11. The molecule has 2 aromatic rings. The summed E-state index contributed by atoms with van der Waals surface area (Å²) in [5, 5.41) is 4.17. The smallest absolute Gasteiger partial charge is 0.154 e. The second-order valence-corrected chi connectivity index (χ2v) is 5.46. The minimum absolute atomic E-state index is 0.412. The molecule has 100 valence electrons. The van der Waals surface area contributed by atoms with Crippen LogP contribution < -0.4 is 5.32 Å². The Labute approximate surface area is 123 Å². The maximum atomic E-state index is 6.11. The van der Waals surface area contributed by atoms with E-state index in [-0.39, 0.29) is 0 Å². The fourth-order valence-corrected chi connectivity index (χ4v) is 2.58.